The molecular weight excluding hydrogens is 124 g/mol. The Morgan fingerprint density at radius 2 is 2.25 bits per heavy atom. The highest BCUT2D eigenvalue weighted by Gasteiger charge is 2.05. The molecule has 0 aromatic rings. The number of esters is 1. The lowest BCUT2D eigenvalue weighted by molar-refractivity contribution is -0.144. The SMILES string of the molecule is CC(C)C(=O)OCS. The molecule has 0 bridgehead atoms. The van der Waals surface area contributed by atoms with Crippen LogP contribution in [0, 0.1) is 5.92 Å². The minimum atomic E-state index is -0.194. The van der Waals surface area contributed by atoms with E-state index in [0.29, 0.717) is 0 Å². The summed E-state index contributed by atoms with van der Waals surface area (Å²) < 4.78 is 4.53. The summed E-state index contributed by atoms with van der Waals surface area (Å²) in [6, 6.07) is 0. The second-order valence-corrected chi connectivity index (χ2v) is 2.01. The Bertz CT molecular complexity index is 80.5. The van der Waals surface area contributed by atoms with E-state index < -0.39 is 0 Å². The maximum absolute atomic E-state index is 10.5. The summed E-state index contributed by atoms with van der Waals surface area (Å²) in [7, 11) is 0. The van der Waals surface area contributed by atoms with Gasteiger partial charge in [0.05, 0.1) is 5.92 Å². The maximum Gasteiger partial charge on any atom is 0.309 e. The molecule has 0 fully saturated rings. The van der Waals surface area contributed by atoms with Crippen molar-refractivity contribution in [3.63, 3.8) is 0 Å². The van der Waals surface area contributed by atoms with Gasteiger partial charge >= 0.3 is 5.97 Å². The van der Waals surface area contributed by atoms with E-state index in [1.165, 1.54) is 0 Å². The van der Waals surface area contributed by atoms with Gasteiger partial charge in [0, 0.05) is 0 Å². The van der Waals surface area contributed by atoms with E-state index in [0.717, 1.165) is 0 Å². The maximum atomic E-state index is 10.5. The molecule has 3 heteroatoms. The highest BCUT2D eigenvalue weighted by molar-refractivity contribution is 7.80. The van der Waals surface area contributed by atoms with E-state index in [1.807, 2.05) is 0 Å². The predicted octanol–water partition coefficient (Wildman–Crippen LogP) is 1.07. The number of rotatable bonds is 2. The van der Waals surface area contributed by atoms with Crippen molar-refractivity contribution in [2.24, 2.45) is 5.92 Å². The third-order valence-electron chi connectivity index (χ3n) is 0.678. The first-order valence-electron chi connectivity index (χ1n) is 2.46. The molecule has 0 unspecified atom stereocenters. The Labute approximate surface area is 54.6 Å². The van der Waals surface area contributed by atoms with Crippen molar-refractivity contribution >= 4 is 18.6 Å². The number of hydrogen-bond acceptors (Lipinski definition) is 3. The summed E-state index contributed by atoms with van der Waals surface area (Å²) >= 11 is 3.71. The van der Waals surface area contributed by atoms with Crippen molar-refractivity contribution in [1.29, 1.82) is 0 Å². The average molecular weight is 134 g/mol. The first kappa shape index (κ1) is 7.82. The minimum absolute atomic E-state index is 0.0397. The fourth-order valence-electron chi connectivity index (χ4n) is 0.230. The standard InChI is InChI=1S/C5H10O2S/c1-4(2)5(6)7-3-8/h4,8H,3H2,1-2H3. The highest BCUT2D eigenvalue weighted by Crippen LogP contribution is 1.95. The van der Waals surface area contributed by atoms with Gasteiger partial charge < -0.3 is 4.74 Å². The normalized spacial score (nSPS) is 9.50. The molecule has 0 saturated carbocycles. The molecule has 48 valence electrons. The van der Waals surface area contributed by atoms with Gasteiger partial charge in [0.1, 0.15) is 5.94 Å². The monoisotopic (exact) mass is 134 g/mol. The van der Waals surface area contributed by atoms with E-state index in [2.05, 4.69) is 17.4 Å². The van der Waals surface area contributed by atoms with E-state index in [9.17, 15) is 4.79 Å². The first-order valence-corrected chi connectivity index (χ1v) is 3.09. The van der Waals surface area contributed by atoms with Crippen molar-refractivity contribution in [3.05, 3.63) is 0 Å². The van der Waals surface area contributed by atoms with Crippen LogP contribution in [-0.2, 0) is 9.53 Å². The van der Waals surface area contributed by atoms with Crippen LogP contribution in [0.1, 0.15) is 13.8 Å². The van der Waals surface area contributed by atoms with Gasteiger partial charge in [-0.15, -0.1) is 12.6 Å². The minimum Gasteiger partial charge on any atom is -0.455 e. The summed E-state index contributed by atoms with van der Waals surface area (Å²) in [5.74, 6) is -0.0565. The molecule has 0 rings (SSSR count). The zero-order chi connectivity index (χ0) is 6.57. The molecule has 2 nitrogen and oxygen atoms in total. The zero-order valence-corrected chi connectivity index (χ0v) is 5.94. The third kappa shape index (κ3) is 2.91. The molecule has 0 aliphatic heterocycles. The van der Waals surface area contributed by atoms with Crippen LogP contribution < -0.4 is 0 Å². The first-order chi connectivity index (χ1) is 3.68. The van der Waals surface area contributed by atoms with Crippen molar-refractivity contribution in [1.82, 2.24) is 0 Å². The fraction of sp³-hybridized carbons (Fsp3) is 0.800. The van der Waals surface area contributed by atoms with Gasteiger partial charge in [-0.1, -0.05) is 13.8 Å². The Kier molecular flexibility index (Phi) is 3.69. The quantitative estimate of drug-likeness (QED) is 0.347. The smallest absolute Gasteiger partial charge is 0.309 e. The van der Waals surface area contributed by atoms with E-state index in [4.69, 9.17) is 0 Å². The Morgan fingerprint density at radius 1 is 1.75 bits per heavy atom. The molecule has 0 atom stereocenters. The highest BCUT2D eigenvalue weighted by atomic mass is 32.1. The van der Waals surface area contributed by atoms with Gasteiger partial charge in [-0.05, 0) is 0 Å². The van der Waals surface area contributed by atoms with Crippen LogP contribution in [0.2, 0.25) is 0 Å². The lowest BCUT2D eigenvalue weighted by Gasteiger charge is -2.01. The van der Waals surface area contributed by atoms with Crippen LogP contribution in [0.5, 0.6) is 0 Å². The van der Waals surface area contributed by atoms with E-state index >= 15 is 0 Å². The molecule has 0 spiro atoms. The fourth-order valence-corrected chi connectivity index (χ4v) is 0.358. The number of carbonyl (C=O) groups excluding carboxylic acids is 1. The summed E-state index contributed by atoms with van der Waals surface area (Å²) in [6.07, 6.45) is 0. The summed E-state index contributed by atoms with van der Waals surface area (Å²) in [6.45, 7) is 3.57. The topological polar surface area (TPSA) is 26.3 Å². The number of thiol groups is 1. The van der Waals surface area contributed by atoms with Crippen molar-refractivity contribution in [3.8, 4) is 0 Å². The van der Waals surface area contributed by atoms with E-state index in [-0.39, 0.29) is 17.8 Å². The second kappa shape index (κ2) is 3.78. The molecule has 0 aliphatic rings. The van der Waals surface area contributed by atoms with Gasteiger partial charge in [-0.3, -0.25) is 4.79 Å². The molecule has 0 N–H and O–H groups in total. The van der Waals surface area contributed by atoms with Gasteiger partial charge in [0.25, 0.3) is 0 Å². The lowest BCUT2D eigenvalue weighted by atomic mass is 10.2. The molecule has 0 heterocycles. The van der Waals surface area contributed by atoms with Crippen LogP contribution in [0.3, 0.4) is 0 Å². The van der Waals surface area contributed by atoms with Crippen molar-refractivity contribution in [2.75, 3.05) is 5.94 Å². The predicted molar refractivity (Wildman–Crippen MR) is 34.8 cm³/mol. The van der Waals surface area contributed by atoms with Crippen LogP contribution in [0.25, 0.3) is 0 Å². The lowest BCUT2D eigenvalue weighted by Crippen LogP contribution is -2.09. The Hall–Kier alpha value is -0.180. The van der Waals surface area contributed by atoms with Crippen LogP contribution in [-0.4, -0.2) is 11.9 Å². The number of hydrogen-bond donors (Lipinski definition) is 1. The summed E-state index contributed by atoms with van der Waals surface area (Å²) in [4.78, 5) is 10.5. The van der Waals surface area contributed by atoms with Gasteiger partial charge in [0.15, 0.2) is 0 Å². The van der Waals surface area contributed by atoms with Crippen molar-refractivity contribution < 1.29 is 9.53 Å². The van der Waals surface area contributed by atoms with Gasteiger partial charge in [-0.25, -0.2) is 0 Å². The van der Waals surface area contributed by atoms with Gasteiger partial charge in [-0.2, -0.15) is 0 Å². The zero-order valence-electron chi connectivity index (χ0n) is 5.05. The molecule has 0 amide bonds. The van der Waals surface area contributed by atoms with Gasteiger partial charge in [0.2, 0.25) is 0 Å². The largest absolute Gasteiger partial charge is 0.455 e. The molecule has 0 radical (unpaired) electrons. The van der Waals surface area contributed by atoms with Crippen molar-refractivity contribution in [2.45, 2.75) is 13.8 Å². The van der Waals surface area contributed by atoms with Crippen LogP contribution in [0.15, 0.2) is 0 Å². The molecule has 0 aromatic carbocycles. The molecule has 0 aliphatic carbocycles. The van der Waals surface area contributed by atoms with E-state index in [1.54, 1.807) is 13.8 Å². The van der Waals surface area contributed by atoms with Crippen LogP contribution >= 0.6 is 12.6 Å². The van der Waals surface area contributed by atoms with Crippen LogP contribution in [0.4, 0.5) is 0 Å². The Morgan fingerprint density at radius 3 is 2.38 bits per heavy atom. The molecule has 8 heavy (non-hydrogen) atoms. The summed E-state index contributed by atoms with van der Waals surface area (Å²) in [5.41, 5.74) is 0. The Balaban J connectivity index is 3.33. The molecule has 0 saturated heterocycles. The summed E-state index contributed by atoms with van der Waals surface area (Å²) in [5, 5.41) is 0. The molecular formula is C5H10O2S. The number of ether oxygens (including phenoxy) is 1. The second-order valence-electron chi connectivity index (χ2n) is 1.75. The molecule has 0 aromatic heterocycles. The number of carbonyl (C=O) groups is 1. The third-order valence-corrected chi connectivity index (χ3v) is 0.807. The average Bonchev–Trinajstić information content (AvgIpc) is 1.67.